The fraction of sp³-hybridized carbons (Fsp3) is 0. The van der Waals surface area contributed by atoms with E-state index < -0.39 is 148 Å². The Bertz CT molecular complexity index is 3180. The first-order valence-corrected chi connectivity index (χ1v) is 12.3. The molecule has 186 valence electrons. The Morgan fingerprint density at radius 2 is 0.950 bits per heavy atom. The van der Waals surface area contributed by atoms with E-state index >= 15 is 0 Å². The van der Waals surface area contributed by atoms with Crippen LogP contribution in [-0.4, -0.2) is 0 Å². The van der Waals surface area contributed by atoms with Gasteiger partial charge < -0.3 is 0 Å². The molecule has 0 nitrogen and oxygen atoms in total. The summed E-state index contributed by atoms with van der Waals surface area (Å²) in [5.41, 5.74) is -2.14. The predicted octanol–water partition coefficient (Wildman–Crippen LogP) is 11.3. The molecule has 0 aliphatic carbocycles. The van der Waals surface area contributed by atoms with Crippen molar-refractivity contribution in [2.45, 2.75) is 0 Å². The first-order valence-electron chi connectivity index (χ1n) is 21.8. The van der Waals surface area contributed by atoms with Gasteiger partial charge in [-0.05, 0) is 88.6 Å². The highest BCUT2D eigenvalue weighted by molar-refractivity contribution is 6.23. The van der Waals surface area contributed by atoms with E-state index in [0.29, 0.717) is 16.3 Å². The minimum Gasteiger partial charge on any atom is -0.0616 e. The molecule has 40 heavy (non-hydrogen) atoms. The molecule has 0 atom stereocenters. The molecule has 8 aromatic rings. The molecule has 8 aromatic carbocycles. The summed E-state index contributed by atoms with van der Waals surface area (Å²) in [6.07, 6.45) is 0. The normalized spacial score (nSPS) is 18.1. The third-order valence-corrected chi connectivity index (χ3v) is 6.81. The molecule has 0 radical (unpaired) electrons. The van der Waals surface area contributed by atoms with Gasteiger partial charge in [0.1, 0.15) is 0 Å². The van der Waals surface area contributed by atoms with E-state index in [1.807, 2.05) is 0 Å². The largest absolute Gasteiger partial charge is 0.0636 e. The Kier molecular flexibility index (Phi) is 2.48. The van der Waals surface area contributed by atoms with Gasteiger partial charge in [0.05, 0.1) is 26.0 Å². The molecule has 0 fully saturated rings. The minimum atomic E-state index is -0.910. The molecular weight excluding hydrogens is 480 g/mol. The molecule has 0 saturated heterocycles. The van der Waals surface area contributed by atoms with Crippen molar-refractivity contribution in [1.29, 1.82) is 0 Å². The van der Waals surface area contributed by atoms with E-state index in [2.05, 4.69) is 0 Å². The van der Waals surface area contributed by atoms with Crippen LogP contribution in [0.2, 0.25) is 0 Å². The standard InChI is InChI=1S/C40H26/c1-2-13-29-25-31(24-23-27(29)11-1)30-15-9-16-32(26-30)39-35-18-5-7-20-37(35)40(38-21-8-6-19-36(38)39)34-22-10-14-28-12-3-4-17-33(28)34/h1-26H/i1D,2D,5D,6D,7D,8D,9D,11D,13D,15D,16D,18D,19D,20D,21D,23D,24D,25D,26D. The van der Waals surface area contributed by atoms with Crippen molar-refractivity contribution in [1.82, 2.24) is 0 Å². The molecule has 0 aliphatic rings. The van der Waals surface area contributed by atoms with Gasteiger partial charge in [0.15, 0.2) is 0 Å². The molecule has 0 bridgehead atoms. The maximum absolute atomic E-state index is 9.67. The summed E-state index contributed by atoms with van der Waals surface area (Å²) in [6, 6.07) is -2.31. The van der Waals surface area contributed by atoms with Gasteiger partial charge in [0, 0.05) is 0 Å². The molecule has 0 aliphatic heterocycles. The lowest BCUT2D eigenvalue weighted by atomic mass is 9.84. The Balaban J connectivity index is 1.69. The van der Waals surface area contributed by atoms with Gasteiger partial charge in [-0.15, -0.1) is 0 Å². The smallest absolute Gasteiger partial charge is 0.0616 e. The van der Waals surface area contributed by atoms with Crippen molar-refractivity contribution in [3.63, 3.8) is 0 Å². The number of rotatable bonds is 3. The third-order valence-electron chi connectivity index (χ3n) is 6.81. The van der Waals surface area contributed by atoms with Crippen molar-refractivity contribution >= 4 is 43.1 Å². The summed E-state index contributed by atoms with van der Waals surface area (Å²) in [5, 5.41) is -0.955. The van der Waals surface area contributed by atoms with E-state index in [-0.39, 0.29) is 27.1 Å². The van der Waals surface area contributed by atoms with Crippen LogP contribution in [0.1, 0.15) is 26.0 Å². The maximum atomic E-state index is 9.67. The highest BCUT2D eigenvalue weighted by atomic mass is 14.2. The van der Waals surface area contributed by atoms with E-state index in [9.17, 15) is 8.22 Å². The minimum absolute atomic E-state index is 0.000411. The zero-order valence-corrected chi connectivity index (χ0v) is 20.5. The fourth-order valence-corrected chi connectivity index (χ4v) is 5.09. The summed E-state index contributed by atoms with van der Waals surface area (Å²) in [5.74, 6) is 0. The fourth-order valence-electron chi connectivity index (χ4n) is 5.09. The van der Waals surface area contributed by atoms with Crippen LogP contribution in [0.3, 0.4) is 0 Å². The zero-order valence-electron chi connectivity index (χ0n) is 39.5. The Morgan fingerprint density at radius 1 is 0.350 bits per heavy atom. The van der Waals surface area contributed by atoms with Crippen molar-refractivity contribution in [2.75, 3.05) is 0 Å². The van der Waals surface area contributed by atoms with Crippen molar-refractivity contribution in [2.24, 2.45) is 0 Å². The first-order chi connectivity index (χ1) is 27.8. The molecular formula is C40H26. The van der Waals surface area contributed by atoms with Crippen LogP contribution in [0.4, 0.5) is 0 Å². The van der Waals surface area contributed by atoms with Gasteiger partial charge in [0.25, 0.3) is 0 Å². The Hall–Kier alpha value is -5.20. The predicted molar refractivity (Wildman–Crippen MR) is 173 cm³/mol. The second kappa shape index (κ2) is 9.22. The number of fused-ring (bicyclic) bond motifs is 4. The van der Waals surface area contributed by atoms with E-state index in [0.717, 1.165) is 0 Å². The van der Waals surface area contributed by atoms with Gasteiger partial charge >= 0.3 is 0 Å². The number of hydrogen-bond acceptors (Lipinski definition) is 0. The molecule has 0 heterocycles. The molecule has 0 spiro atoms. The molecule has 0 saturated carbocycles. The Morgan fingerprint density at radius 3 is 1.73 bits per heavy atom. The van der Waals surface area contributed by atoms with Crippen molar-refractivity contribution < 1.29 is 26.0 Å². The van der Waals surface area contributed by atoms with Crippen LogP contribution >= 0.6 is 0 Å². The highest BCUT2D eigenvalue weighted by Crippen LogP contribution is 2.45. The lowest BCUT2D eigenvalue weighted by Crippen LogP contribution is -1.92. The molecule has 0 N–H and O–H groups in total. The zero-order chi connectivity index (χ0) is 43.0. The van der Waals surface area contributed by atoms with Crippen LogP contribution in [0.15, 0.2) is 157 Å². The summed E-state index contributed by atoms with van der Waals surface area (Å²) < 4.78 is 169. The summed E-state index contributed by atoms with van der Waals surface area (Å²) >= 11 is 0. The quantitative estimate of drug-likeness (QED) is 0.201. The van der Waals surface area contributed by atoms with Crippen molar-refractivity contribution in [3.05, 3.63) is 157 Å². The number of hydrogen-bond donors (Lipinski definition) is 0. The average Bonchev–Trinajstić information content (AvgIpc) is 3.22. The van der Waals surface area contributed by atoms with Crippen molar-refractivity contribution in [3.8, 4) is 33.4 Å². The molecule has 8 rings (SSSR count). The highest BCUT2D eigenvalue weighted by Gasteiger charge is 2.18. The second-order valence-corrected chi connectivity index (χ2v) is 9.03. The lowest BCUT2D eigenvalue weighted by Gasteiger charge is -2.19. The van der Waals surface area contributed by atoms with E-state index in [4.69, 9.17) is 17.8 Å². The van der Waals surface area contributed by atoms with Gasteiger partial charge in [-0.2, -0.15) is 0 Å². The molecule has 0 heteroatoms. The summed E-state index contributed by atoms with van der Waals surface area (Å²) in [7, 11) is 0. The summed E-state index contributed by atoms with van der Waals surface area (Å²) in [6.45, 7) is 0. The van der Waals surface area contributed by atoms with E-state index in [1.54, 1.807) is 42.5 Å². The average molecular weight is 526 g/mol. The lowest BCUT2D eigenvalue weighted by molar-refractivity contribution is 1.63. The Labute approximate surface area is 260 Å². The molecule has 0 unspecified atom stereocenters. The van der Waals surface area contributed by atoms with E-state index in [1.165, 1.54) is 0 Å². The van der Waals surface area contributed by atoms with Crippen LogP contribution in [0.5, 0.6) is 0 Å². The van der Waals surface area contributed by atoms with Crippen LogP contribution < -0.4 is 0 Å². The van der Waals surface area contributed by atoms with Crippen LogP contribution in [0, 0.1) is 0 Å². The third kappa shape index (κ3) is 3.61. The van der Waals surface area contributed by atoms with Crippen LogP contribution in [-0.2, 0) is 0 Å². The SMILES string of the molecule is [2H]c1c([2H])c(-c2c([2H])c([2H])c3c([2H])c([2H])c([2H])c([2H])c3c2[2H])c([2H])c(-c2c3c([2H])c([2H])c([2H])c([2H])c3c(-c3cccc4ccccc34)c3c([2H])c([2H])c([2H])c([2H])c23)c1[2H]. The van der Waals surface area contributed by atoms with Gasteiger partial charge in [0.2, 0.25) is 0 Å². The summed E-state index contributed by atoms with van der Waals surface area (Å²) in [4.78, 5) is 0. The second-order valence-electron chi connectivity index (χ2n) is 9.03. The monoisotopic (exact) mass is 525 g/mol. The molecule has 0 aromatic heterocycles. The van der Waals surface area contributed by atoms with Gasteiger partial charge in [-0.3, -0.25) is 0 Å². The number of benzene rings is 8. The maximum Gasteiger partial charge on any atom is 0.0636 e. The van der Waals surface area contributed by atoms with Crippen LogP contribution in [0.25, 0.3) is 76.5 Å². The topological polar surface area (TPSA) is 0 Å². The van der Waals surface area contributed by atoms with Gasteiger partial charge in [-0.1, -0.05) is 145 Å². The molecule has 0 amide bonds. The first kappa shape index (κ1) is 10.8. The van der Waals surface area contributed by atoms with Gasteiger partial charge in [-0.25, -0.2) is 0 Å².